The number of esters is 1. The minimum atomic E-state index is -1.28. The van der Waals surface area contributed by atoms with Gasteiger partial charge in [-0.15, -0.1) is 0 Å². The molecule has 0 bridgehead atoms. The normalized spacial score (nSPS) is 42.2. The topological polar surface area (TPSA) is 151 Å². The monoisotopic (exact) mass is 749 g/mol. The Morgan fingerprint density at radius 3 is 2.15 bits per heavy atom. The number of aliphatic carboxylic acids is 1. The second-order valence-corrected chi connectivity index (χ2v) is 20.3. The highest BCUT2D eigenvalue weighted by molar-refractivity contribution is 6.06. The Balaban J connectivity index is 1.09. The minimum Gasteiger partial charge on any atom is -0.481 e. The summed E-state index contributed by atoms with van der Waals surface area (Å²) in [6, 6.07) is 0.0566. The lowest BCUT2D eigenvalue weighted by Crippen LogP contribution is -2.64. The van der Waals surface area contributed by atoms with E-state index < -0.39 is 22.8 Å². The third-order valence-electron chi connectivity index (χ3n) is 16.9. The van der Waals surface area contributed by atoms with Crippen LogP contribution < -0.4 is 16.0 Å². The lowest BCUT2D eigenvalue weighted by Gasteiger charge is -2.67. The van der Waals surface area contributed by atoms with Crippen molar-refractivity contribution in [3.8, 4) is 0 Å². The van der Waals surface area contributed by atoms with Gasteiger partial charge >= 0.3 is 11.9 Å². The summed E-state index contributed by atoms with van der Waals surface area (Å²) in [5.74, 6) is -0.579. The number of allylic oxidation sites excluding steroid dienone is 1. The highest BCUT2D eigenvalue weighted by atomic mass is 16.5. The van der Waals surface area contributed by atoms with E-state index in [4.69, 9.17) is 4.74 Å². The van der Waals surface area contributed by atoms with Crippen molar-refractivity contribution in [3.63, 3.8) is 0 Å². The fourth-order valence-corrected chi connectivity index (χ4v) is 13.7. The molecule has 1 saturated heterocycles. The van der Waals surface area contributed by atoms with E-state index in [9.17, 15) is 29.1 Å². The first-order valence-corrected chi connectivity index (χ1v) is 21.4. The van der Waals surface area contributed by atoms with Gasteiger partial charge in [0.2, 0.25) is 11.8 Å². The summed E-state index contributed by atoms with van der Waals surface area (Å²) in [5.41, 5.74) is 0.249. The van der Waals surface area contributed by atoms with Crippen molar-refractivity contribution in [3.05, 3.63) is 11.1 Å². The number of ketones is 1. The molecule has 2 amide bonds. The molecule has 54 heavy (non-hydrogen) atoms. The van der Waals surface area contributed by atoms with Crippen molar-refractivity contribution in [2.24, 2.45) is 69.5 Å². The first-order valence-electron chi connectivity index (χ1n) is 21.4. The molecule has 1 aliphatic heterocycles. The molecule has 0 aromatic carbocycles. The number of carbonyl (C=O) groups is 5. The van der Waals surface area contributed by atoms with Crippen LogP contribution >= 0.6 is 0 Å². The van der Waals surface area contributed by atoms with Crippen LogP contribution in [0.4, 0.5) is 0 Å². The van der Waals surface area contributed by atoms with Gasteiger partial charge in [0.1, 0.15) is 11.5 Å². The predicted molar refractivity (Wildman–Crippen MR) is 205 cm³/mol. The summed E-state index contributed by atoms with van der Waals surface area (Å²) in [7, 11) is 0. The van der Waals surface area contributed by atoms with Crippen LogP contribution in [0.2, 0.25) is 0 Å². The zero-order valence-electron chi connectivity index (χ0n) is 34.1. The van der Waals surface area contributed by atoms with Crippen molar-refractivity contribution in [2.45, 2.75) is 150 Å². The number of ether oxygens (including phenoxy) is 1. The molecule has 4 N–H and O–H groups in total. The van der Waals surface area contributed by atoms with E-state index in [1.807, 2.05) is 6.92 Å². The fourth-order valence-electron chi connectivity index (χ4n) is 13.7. The van der Waals surface area contributed by atoms with E-state index in [1.165, 1.54) is 5.57 Å². The van der Waals surface area contributed by atoms with Gasteiger partial charge in [0.25, 0.3) is 0 Å². The molecule has 5 saturated carbocycles. The second-order valence-electron chi connectivity index (χ2n) is 20.3. The quantitative estimate of drug-likeness (QED) is 0.169. The summed E-state index contributed by atoms with van der Waals surface area (Å²) in [6.07, 6.45) is 9.90. The summed E-state index contributed by atoms with van der Waals surface area (Å²) in [5, 5.41) is 19.4. The number of piperidine rings is 1. The number of carbonyl (C=O) groups excluding carboxylic acids is 4. The molecule has 6 aliphatic carbocycles. The Hall–Kier alpha value is -2.75. The van der Waals surface area contributed by atoms with E-state index in [2.05, 4.69) is 50.6 Å². The maximum absolute atomic E-state index is 14.3. The van der Waals surface area contributed by atoms with Gasteiger partial charge in [-0.2, -0.15) is 0 Å². The molecular formula is C44H67N3O7. The fraction of sp³-hybridized carbons (Fsp3) is 0.841. The number of nitrogens with one attached hydrogen (secondary N) is 3. The predicted octanol–water partition coefficient (Wildman–Crippen LogP) is 6.22. The van der Waals surface area contributed by atoms with Crippen molar-refractivity contribution in [1.82, 2.24) is 16.0 Å². The summed E-state index contributed by atoms with van der Waals surface area (Å²) < 4.78 is 6.23. The Labute approximate surface area is 322 Å². The van der Waals surface area contributed by atoms with Crippen molar-refractivity contribution in [1.29, 1.82) is 0 Å². The molecule has 0 spiro atoms. The number of hydrogen-bond acceptors (Lipinski definition) is 7. The van der Waals surface area contributed by atoms with Gasteiger partial charge in [0.05, 0.1) is 17.4 Å². The molecular weight excluding hydrogens is 682 g/mol. The number of Topliss-reactive ketones (excluding diaryl/α,β-unsaturated/α-hetero) is 1. The van der Waals surface area contributed by atoms with E-state index in [1.54, 1.807) is 13.8 Å². The SMILES string of the molecule is CC(C)C1=C2C3CCC4C(C)(CCC5C(C)C(OC(=O)C6CC(C(=O)O)C6C)CCC54C)C3CCC2(NC(=O)C(C)(C)C(=O)NC2CCNCC2)CC1=O. The van der Waals surface area contributed by atoms with Gasteiger partial charge in [-0.25, -0.2) is 0 Å². The smallest absolute Gasteiger partial charge is 0.309 e. The third kappa shape index (κ3) is 6.18. The van der Waals surface area contributed by atoms with Crippen LogP contribution in [-0.4, -0.2) is 65.4 Å². The zero-order chi connectivity index (χ0) is 39.1. The molecule has 12 atom stereocenters. The molecule has 1 heterocycles. The standard InChI is InChI=1S/C44H67N3O7/c1-23(2)35-32(48)22-44(47-40(53)41(5,6)39(52)46-26-14-19-45-20-15-26)18-12-31-27(36(35)44)9-10-34-42(7)17-13-33(25(4)30(42)11-16-43(31,34)8)54-38(51)29-21-28(24(29)3)37(49)50/h23-31,33-34,45H,9-22H2,1-8H3,(H,46,52)(H,47,53)(H,49,50). The van der Waals surface area contributed by atoms with E-state index in [-0.39, 0.29) is 82.6 Å². The Morgan fingerprint density at radius 1 is 0.852 bits per heavy atom. The van der Waals surface area contributed by atoms with Crippen LogP contribution in [-0.2, 0) is 28.7 Å². The molecule has 12 unspecified atom stereocenters. The molecule has 7 aliphatic rings. The molecule has 10 nitrogen and oxygen atoms in total. The van der Waals surface area contributed by atoms with Crippen LogP contribution in [0.15, 0.2) is 11.1 Å². The number of amides is 2. The minimum absolute atomic E-state index is 0.0526. The highest BCUT2D eigenvalue weighted by Gasteiger charge is 2.65. The van der Waals surface area contributed by atoms with Crippen LogP contribution in [0.1, 0.15) is 132 Å². The van der Waals surface area contributed by atoms with Crippen LogP contribution in [0.25, 0.3) is 0 Å². The largest absolute Gasteiger partial charge is 0.481 e. The van der Waals surface area contributed by atoms with Crippen molar-refractivity contribution < 1.29 is 33.8 Å². The number of carboxylic acid groups (broad SMARTS) is 1. The van der Waals surface area contributed by atoms with Gasteiger partial charge in [-0.3, -0.25) is 24.0 Å². The number of rotatable bonds is 8. The average molecular weight is 750 g/mol. The van der Waals surface area contributed by atoms with Crippen molar-refractivity contribution in [2.75, 3.05) is 13.1 Å². The molecule has 0 aromatic heterocycles. The first kappa shape index (κ1) is 39.5. The lowest BCUT2D eigenvalue weighted by molar-refractivity contribution is -0.196. The zero-order valence-corrected chi connectivity index (χ0v) is 34.1. The number of carboxylic acids is 1. The Bertz CT molecular complexity index is 1600. The number of fused-ring (bicyclic) bond motifs is 7. The molecule has 300 valence electrons. The number of hydrogen-bond donors (Lipinski definition) is 4. The van der Waals surface area contributed by atoms with E-state index in [0.717, 1.165) is 76.5 Å². The molecule has 10 heteroatoms. The van der Waals surface area contributed by atoms with E-state index in [0.29, 0.717) is 30.6 Å². The highest BCUT2D eigenvalue weighted by Crippen LogP contribution is 2.70. The van der Waals surface area contributed by atoms with Crippen molar-refractivity contribution >= 4 is 29.5 Å². The maximum atomic E-state index is 14.3. The molecule has 0 radical (unpaired) electrons. The summed E-state index contributed by atoms with van der Waals surface area (Å²) in [6.45, 7) is 18.5. The van der Waals surface area contributed by atoms with Gasteiger partial charge in [-0.1, -0.05) is 41.5 Å². The van der Waals surface area contributed by atoms with Gasteiger partial charge in [0.15, 0.2) is 5.78 Å². The summed E-state index contributed by atoms with van der Waals surface area (Å²) in [4.78, 5) is 66.6. The Morgan fingerprint density at radius 2 is 1.50 bits per heavy atom. The average Bonchev–Trinajstić information content (AvgIpc) is 3.40. The van der Waals surface area contributed by atoms with E-state index >= 15 is 0 Å². The van der Waals surface area contributed by atoms with Gasteiger partial charge in [-0.05, 0) is 161 Å². The second kappa shape index (κ2) is 14.0. The lowest BCUT2D eigenvalue weighted by atomic mass is 9.38. The maximum Gasteiger partial charge on any atom is 0.309 e. The van der Waals surface area contributed by atoms with Crippen LogP contribution in [0.3, 0.4) is 0 Å². The Kier molecular flexibility index (Phi) is 10.2. The molecule has 7 rings (SSSR count). The van der Waals surface area contributed by atoms with Crippen LogP contribution in [0, 0.1) is 69.5 Å². The molecule has 6 fully saturated rings. The van der Waals surface area contributed by atoms with Gasteiger partial charge < -0.3 is 25.8 Å². The van der Waals surface area contributed by atoms with Gasteiger partial charge in [0, 0.05) is 12.5 Å². The third-order valence-corrected chi connectivity index (χ3v) is 16.9. The first-order chi connectivity index (χ1) is 25.4. The molecule has 0 aromatic rings. The summed E-state index contributed by atoms with van der Waals surface area (Å²) >= 11 is 0. The van der Waals surface area contributed by atoms with Crippen LogP contribution in [0.5, 0.6) is 0 Å².